The highest BCUT2D eigenvalue weighted by molar-refractivity contribution is 5.96. The number of nitrogens with one attached hydrogen (secondary N) is 1. The number of nitrogens with zero attached hydrogens (tertiary/aromatic N) is 1. The predicted octanol–water partition coefficient (Wildman–Crippen LogP) is 5.59. The normalized spacial score (nSPS) is 17.1. The van der Waals surface area contributed by atoms with Crippen LogP contribution in [0.25, 0.3) is 0 Å². The van der Waals surface area contributed by atoms with E-state index in [1.54, 1.807) is 0 Å². The summed E-state index contributed by atoms with van der Waals surface area (Å²) >= 11 is 0. The van der Waals surface area contributed by atoms with Crippen LogP contribution in [0.4, 0.5) is 11.4 Å². The molecule has 4 aromatic rings. The van der Waals surface area contributed by atoms with E-state index < -0.39 is 5.72 Å². The second kappa shape index (κ2) is 7.41. The summed E-state index contributed by atoms with van der Waals surface area (Å²) in [5.41, 5.74) is 6.31. The monoisotopic (exact) mass is 392 g/mol. The molecule has 1 aliphatic rings. The summed E-state index contributed by atoms with van der Waals surface area (Å²) in [4.78, 5) is 13.0. The maximum atomic E-state index is 13.0. The van der Waals surface area contributed by atoms with Crippen molar-refractivity contribution in [2.75, 3.05) is 10.4 Å². The molecular weight excluding hydrogens is 372 g/mol. The van der Waals surface area contributed by atoms with E-state index >= 15 is 0 Å². The lowest BCUT2D eigenvalue weighted by Crippen LogP contribution is -2.51. The highest BCUT2D eigenvalue weighted by Gasteiger charge is 2.52. The van der Waals surface area contributed by atoms with Crippen LogP contribution in [0.2, 0.25) is 0 Å². The Labute approximate surface area is 175 Å². The van der Waals surface area contributed by atoms with Gasteiger partial charge in [-0.25, -0.2) is 9.80 Å². The van der Waals surface area contributed by atoms with Crippen molar-refractivity contribution >= 4 is 17.3 Å². The van der Waals surface area contributed by atoms with Crippen molar-refractivity contribution in [3.8, 4) is 0 Å². The third-order valence-electron chi connectivity index (χ3n) is 5.26. The number of cyclic esters (lactones) is 1. The smallest absolute Gasteiger partial charge is 0.341 e. The minimum absolute atomic E-state index is 0.342. The van der Waals surface area contributed by atoms with Crippen LogP contribution >= 0.6 is 0 Å². The number of hydrogen-bond acceptors (Lipinski definition) is 4. The van der Waals surface area contributed by atoms with E-state index in [1.165, 1.54) is 0 Å². The van der Waals surface area contributed by atoms with Gasteiger partial charge in [0, 0.05) is 11.1 Å². The lowest BCUT2D eigenvalue weighted by Gasteiger charge is -2.42. The fourth-order valence-electron chi connectivity index (χ4n) is 3.92. The number of benzene rings is 4. The first-order chi connectivity index (χ1) is 14.8. The maximum Gasteiger partial charge on any atom is 0.341 e. The SMILES string of the molecule is O=C1O[C@](c2ccccc2)(N(Nc2ccccc2)c2ccccc2)c2ccccc21. The van der Waals surface area contributed by atoms with Crippen LogP contribution in [0.1, 0.15) is 21.5 Å². The first-order valence-corrected chi connectivity index (χ1v) is 9.84. The largest absolute Gasteiger partial charge is 0.425 e. The highest BCUT2D eigenvalue weighted by Crippen LogP contribution is 2.46. The molecule has 146 valence electrons. The molecule has 1 heterocycles. The van der Waals surface area contributed by atoms with Crippen LogP contribution in [0.3, 0.4) is 0 Å². The average Bonchev–Trinajstić information content (AvgIpc) is 3.13. The van der Waals surface area contributed by atoms with Crippen molar-refractivity contribution in [3.05, 3.63) is 132 Å². The Morgan fingerprint density at radius 3 is 1.93 bits per heavy atom. The molecule has 0 saturated heterocycles. The van der Waals surface area contributed by atoms with E-state index in [0.717, 1.165) is 22.5 Å². The lowest BCUT2D eigenvalue weighted by atomic mass is 9.91. The quantitative estimate of drug-likeness (QED) is 0.355. The van der Waals surface area contributed by atoms with Crippen molar-refractivity contribution in [3.63, 3.8) is 0 Å². The minimum atomic E-state index is -1.16. The number of anilines is 2. The van der Waals surface area contributed by atoms with Crippen LogP contribution in [0.5, 0.6) is 0 Å². The summed E-state index contributed by atoms with van der Waals surface area (Å²) in [6, 6.07) is 37.2. The average molecular weight is 392 g/mol. The summed E-state index contributed by atoms with van der Waals surface area (Å²) in [6.45, 7) is 0. The first kappa shape index (κ1) is 18.0. The zero-order valence-corrected chi connectivity index (χ0v) is 16.2. The van der Waals surface area contributed by atoms with Gasteiger partial charge in [0.2, 0.25) is 0 Å². The van der Waals surface area contributed by atoms with Crippen LogP contribution < -0.4 is 10.4 Å². The molecule has 0 bridgehead atoms. The van der Waals surface area contributed by atoms with Gasteiger partial charge in [0.1, 0.15) is 0 Å². The van der Waals surface area contributed by atoms with Crippen molar-refractivity contribution in [1.29, 1.82) is 0 Å². The van der Waals surface area contributed by atoms with Gasteiger partial charge in [-0.3, -0.25) is 5.43 Å². The van der Waals surface area contributed by atoms with Crippen LogP contribution in [-0.4, -0.2) is 5.97 Å². The molecule has 4 nitrogen and oxygen atoms in total. The number of rotatable bonds is 5. The molecule has 1 N–H and O–H groups in total. The van der Waals surface area contributed by atoms with Crippen LogP contribution in [0.15, 0.2) is 115 Å². The molecule has 0 spiro atoms. The highest BCUT2D eigenvalue weighted by atomic mass is 16.6. The summed E-state index contributed by atoms with van der Waals surface area (Å²) in [6.07, 6.45) is 0. The summed E-state index contributed by atoms with van der Waals surface area (Å²) < 4.78 is 6.22. The number of hydrogen-bond donors (Lipinski definition) is 1. The Bertz CT molecular complexity index is 1160. The van der Waals surface area contributed by atoms with E-state index in [0.29, 0.717) is 5.56 Å². The summed E-state index contributed by atoms with van der Waals surface area (Å²) in [5, 5.41) is 1.93. The van der Waals surface area contributed by atoms with Crippen LogP contribution in [0, 0.1) is 0 Å². The Kier molecular flexibility index (Phi) is 4.45. The zero-order valence-electron chi connectivity index (χ0n) is 16.2. The fourth-order valence-corrected chi connectivity index (χ4v) is 3.92. The Morgan fingerprint density at radius 2 is 1.23 bits per heavy atom. The van der Waals surface area contributed by atoms with E-state index in [9.17, 15) is 4.79 Å². The minimum Gasteiger partial charge on any atom is -0.425 e. The van der Waals surface area contributed by atoms with Crippen molar-refractivity contribution in [2.45, 2.75) is 5.72 Å². The number of para-hydroxylation sites is 2. The van der Waals surface area contributed by atoms with Gasteiger partial charge in [0.25, 0.3) is 5.72 Å². The number of esters is 1. The summed E-state index contributed by atoms with van der Waals surface area (Å²) in [7, 11) is 0. The second-order valence-corrected chi connectivity index (χ2v) is 7.09. The Hall–Kier alpha value is -4.05. The molecule has 5 rings (SSSR count). The van der Waals surface area contributed by atoms with Crippen molar-refractivity contribution in [2.24, 2.45) is 0 Å². The van der Waals surface area contributed by atoms with Gasteiger partial charge in [-0.2, -0.15) is 0 Å². The first-order valence-electron chi connectivity index (χ1n) is 9.84. The molecule has 0 aliphatic carbocycles. The predicted molar refractivity (Wildman–Crippen MR) is 118 cm³/mol. The molecular formula is C26H20N2O2. The van der Waals surface area contributed by atoms with Gasteiger partial charge >= 0.3 is 5.97 Å². The molecule has 1 aliphatic heterocycles. The maximum absolute atomic E-state index is 13.0. The third kappa shape index (κ3) is 2.90. The Balaban J connectivity index is 1.77. The van der Waals surface area contributed by atoms with Crippen LogP contribution in [-0.2, 0) is 10.5 Å². The molecule has 0 aromatic heterocycles. The number of carbonyl (C=O) groups is 1. The molecule has 1 atom stereocenters. The molecule has 0 amide bonds. The third-order valence-corrected chi connectivity index (χ3v) is 5.26. The topological polar surface area (TPSA) is 41.6 Å². The van der Waals surface area contributed by atoms with Gasteiger partial charge in [-0.1, -0.05) is 84.9 Å². The standard InChI is InChI=1S/C26H20N2O2/c29-25-23-18-10-11-19-24(23)26(30-25,20-12-4-1-5-13-20)28(22-16-8-3-9-17-22)27-21-14-6-2-7-15-21/h1-19,27H/t26-/m0/s1. The number of ether oxygens (including phenoxy) is 1. The number of hydrazine groups is 1. The zero-order chi connectivity index (χ0) is 20.4. The van der Waals surface area contributed by atoms with E-state index in [-0.39, 0.29) is 5.97 Å². The molecule has 4 aromatic carbocycles. The molecule has 30 heavy (non-hydrogen) atoms. The van der Waals surface area contributed by atoms with Crippen molar-refractivity contribution in [1.82, 2.24) is 0 Å². The van der Waals surface area contributed by atoms with Gasteiger partial charge in [-0.15, -0.1) is 0 Å². The van der Waals surface area contributed by atoms with E-state index in [1.807, 2.05) is 120 Å². The van der Waals surface area contributed by atoms with Gasteiger partial charge in [-0.05, 0) is 30.3 Å². The molecule has 0 fully saturated rings. The molecule has 4 heteroatoms. The van der Waals surface area contributed by atoms with Gasteiger partial charge < -0.3 is 4.74 Å². The number of fused-ring (bicyclic) bond motifs is 1. The van der Waals surface area contributed by atoms with E-state index in [2.05, 4.69) is 5.43 Å². The fraction of sp³-hybridized carbons (Fsp3) is 0.0385. The Morgan fingerprint density at radius 1 is 0.667 bits per heavy atom. The van der Waals surface area contributed by atoms with Crippen molar-refractivity contribution < 1.29 is 9.53 Å². The van der Waals surface area contributed by atoms with Gasteiger partial charge in [0.05, 0.1) is 16.9 Å². The second-order valence-electron chi connectivity index (χ2n) is 7.09. The number of carbonyl (C=O) groups excluding carboxylic acids is 1. The lowest BCUT2D eigenvalue weighted by molar-refractivity contribution is 0.0111. The molecule has 0 saturated carbocycles. The van der Waals surface area contributed by atoms with Gasteiger partial charge in [0.15, 0.2) is 0 Å². The van der Waals surface area contributed by atoms with E-state index in [4.69, 9.17) is 4.74 Å². The summed E-state index contributed by atoms with van der Waals surface area (Å²) in [5.74, 6) is -0.342. The molecule has 0 radical (unpaired) electrons. The molecule has 0 unspecified atom stereocenters.